The second-order valence-corrected chi connectivity index (χ2v) is 6.75. The van der Waals surface area contributed by atoms with Crippen LogP contribution < -0.4 is 15.4 Å². The molecule has 3 rings (SSSR count). The fourth-order valence-corrected chi connectivity index (χ4v) is 2.96. The van der Waals surface area contributed by atoms with E-state index in [-0.39, 0.29) is 22.3 Å². The molecule has 0 spiro atoms. The number of carbonyl (C=O) groups excluding carboxylic acids is 1. The third kappa shape index (κ3) is 4.39. The van der Waals surface area contributed by atoms with Crippen molar-refractivity contribution in [1.29, 1.82) is 0 Å². The zero-order valence-corrected chi connectivity index (χ0v) is 16.8. The van der Waals surface area contributed by atoms with Crippen molar-refractivity contribution in [3.8, 4) is 22.8 Å². The molecule has 1 aromatic heterocycles. The summed E-state index contributed by atoms with van der Waals surface area (Å²) in [7, 11) is 1.50. The number of halogens is 2. The van der Waals surface area contributed by atoms with Gasteiger partial charge >= 0.3 is 0 Å². The molecule has 3 aromatic rings. The first-order valence-corrected chi connectivity index (χ1v) is 9.09. The second-order valence-electron chi connectivity index (χ2n) is 5.56. The van der Waals surface area contributed by atoms with Crippen LogP contribution in [0.25, 0.3) is 11.3 Å². The van der Waals surface area contributed by atoms with Crippen LogP contribution >= 0.6 is 35.4 Å². The van der Waals surface area contributed by atoms with Crippen LogP contribution in [0.1, 0.15) is 10.6 Å². The van der Waals surface area contributed by atoms with Crippen LogP contribution in [0.2, 0.25) is 10.0 Å². The van der Waals surface area contributed by atoms with Gasteiger partial charge in [0.1, 0.15) is 17.3 Å². The summed E-state index contributed by atoms with van der Waals surface area (Å²) in [5.41, 5.74) is 0.853. The predicted octanol–water partition coefficient (Wildman–Crippen LogP) is 5.09. The van der Waals surface area contributed by atoms with Crippen molar-refractivity contribution >= 4 is 52.1 Å². The molecule has 9 heteroatoms. The molecule has 0 atom stereocenters. The maximum absolute atomic E-state index is 12.4. The second kappa shape index (κ2) is 8.52. The summed E-state index contributed by atoms with van der Waals surface area (Å²) in [5.74, 6) is 0.327. The van der Waals surface area contributed by atoms with Crippen LogP contribution in [0.3, 0.4) is 0 Å². The van der Waals surface area contributed by atoms with Crippen LogP contribution in [-0.2, 0) is 0 Å². The lowest BCUT2D eigenvalue weighted by molar-refractivity contribution is 0.0951. The Balaban J connectivity index is 1.71. The maximum Gasteiger partial charge on any atom is 0.293 e. The summed E-state index contributed by atoms with van der Waals surface area (Å²) in [6, 6.07) is 12.8. The number of thiocarbonyl (C=S) groups is 1. The minimum absolute atomic E-state index is 0.0210. The number of hydrogen-bond donors (Lipinski definition) is 3. The van der Waals surface area contributed by atoms with E-state index < -0.39 is 5.91 Å². The normalized spacial score (nSPS) is 10.4. The van der Waals surface area contributed by atoms with E-state index in [9.17, 15) is 9.90 Å². The number of methoxy groups -OCH3 is 1. The Morgan fingerprint density at radius 2 is 1.96 bits per heavy atom. The molecule has 0 fully saturated rings. The Kier molecular flexibility index (Phi) is 6.08. The van der Waals surface area contributed by atoms with E-state index in [1.165, 1.54) is 19.2 Å². The average Bonchev–Trinajstić information content (AvgIpc) is 3.16. The van der Waals surface area contributed by atoms with Crippen molar-refractivity contribution in [2.45, 2.75) is 0 Å². The minimum Gasteiger partial charge on any atom is -0.506 e. The summed E-state index contributed by atoms with van der Waals surface area (Å²) in [4.78, 5) is 12.4. The molecule has 0 saturated carbocycles. The molecule has 144 valence electrons. The third-order valence-corrected chi connectivity index (χ3v) is 4.75. The number of anilines is 1. The Morgan fingerprint density at radius 1 is 1.18 bits per heavy atom. The quantitative estimate of drug-likeness (QED) is 0.389. The van der Waals surface area contributed by atoms with Crippen LogP contribution in [0.15, 0.2) is 52.9 Å². The lowest BCUT2D eigenvalue weighted by Gasteiger charge is -2.11. The lowest BCUT2D eigenvalue weighted by Crippen LogP contribution is -2.33. The summed E-state index contributed by atoms with van der Waals surface area (Å²) in [5, 5.41) is 15.8. The van der Waals surface area contributed by atoms with Gasteiger partial charge in [-0.2, -0.15) is 0 Å². The van der Waals surface area contributed by atoms with Crippen LogP contribution in [0.4, 0.5) is 5.69 Å². The van der Waals surface area contributed by atoms with Gasteiger partial charge in [0.2, 0.25) is 0 Å². The average molecular weight is 437 g/mol. The molecule has 2 aromatic carbocycles. The molecule has 3 N–H and O–H groups in total. The van der Waals surface area contributed by atoms with Crippen molar-refractivity contribution in [1.82, 2.24) is 5.32 Å². The van der Waals surface area contributed by atoms with Gasteiger partial charge in [-0.1, -0.05) is 29.3 Å². The van der Waals surface area contributed by atoms with E-state index in [2.05, 4.69) is 10.6 Å². The molecular formula is C19H14Cl2N2O4S. The highest BCUT2D eigenvalue weighted by atomic mass is 35.5. The van der Waals surface area contributed by atoms with Gasteiger partial charge in [0.25, 0.3) is 5.91 Å². The Bertz CT molecular complexity index is 1050. The monoisotopic (exact) mass is 436 g/mol. The number of nitrogens with one attached hydrogen (secondary N) is 2. The maximum atomic E-state index is 12.4. The molecule has 0 bridgehead atoms. The van der Waals surface area contributed by atoms with Crippen LogP contribution in [-0.4, -0.2) is 23.2 Å². The summed E-state index contributed by atoms with van der Waals surface area (Å²) < 4.78 is 10.7. The fraction of sp³-hybridized carbons (Fsp3) is 0.0526. The molecular weight excluding hydrogens is 423 g/mol. The van der Waals surface area contributed by atoms with Gasteiger partial charge in [-0.25, -0.2) is 0 Å². The van der Waals surface area contributed by atoms with E-state index in [1.807, 2.05) is 0 Å². The van der Waals surface area contributed by atoms with Crippen molar-refractivity contribution < 1.29 is 19.1 Å². The zero-order valence-electron chi connectivity index (χ0n) is 14.5. The third-order valence-electron chi connectivity index (χ3n) is 3.73. The molecule has 0 aliphatic carbocycles. The number of ether oxygens (including phenoxy) is 1. The van der Waals surface area contributed by atoms with Crippen LogP contribution in [0.5, 0.6) is 11.5 Å². The van der Waals surface area contributed by atoms with Gasteiger partial charge in [-0.05, 0) is 48.6 Å². The first-order chi connectivity index (χ1) is 13.4. The number of aromatic hydroxyl groups is 1. The smallest absolute Gasteiger partial charge is 0.293 e. The largest absolute Gasteiger partial charge is 0.506 e. The van der Waals surface area contributed by atoms with Crippen molar-refractivity contribution in [3.63, 3.8) is 0 Å². The fourth-order valence-electron chi connectivity index (χ4n) is 2.36. The molecule has 1 amide bonds. The zero-order chi connectivity index (χ0) is 20.3. The first kappa shape index (κ1) is 20.0. The van der Waals surface area contributed by atoms with E-state index >= 15 is 0 Å². The molecule has 6 nitrogen and oxygen atoms in total. The SMILES string of the molecule is COc1ccc(O)c(NC(=S)NC(=O)c2ccc(-c3cccc(Cl)c3Cl)o2)c1. The number of furan rings is 1. The van der Waals surface area contributed by atoms with Gasteiger partial charge in [0.05, 0.1) is 22.8 Å². The Hall–Kier alpha value is -2.74. The Morgan fingerprint density at radius 3 is 2.71 bits per heavy atom. The van der Waals surface area contributed by atoms with E-state index in [4.69, 9.17) is 44.6 Å². The molecule has 0 saturated heterocycles. The molecule has 0 aliphatic rings. The van der Waals surface area contributed by atoms with Crippen LogP contribution in [0, 0.1) is 0 Å². The molecule has 0 aliphatic heterocycles. The van der Waals surface area contributed by atoms with Crippen molar-refractivity contribution in [3.05, 3.63) is 64.3 Å². The number of carbonyl (C=O) groups is 1. The topological polar surface area (TPSA) is 83.7 Å². The molecule has 1 heterocycles. The van der Waals surface area contributed by atoms with Crippen molar-refractivity contribution in [2.75, 3.05) is 12.4 Å². The lowest BCUT2D eigenvalue weighted by atomic mass is 10.2. The molecule has 0 unspecified atom stereocenters. The number of benzene rings is 2. The van der Waals surface area contributed by atoms with Gasteiger partial charge in [-0.15, -0.1) is 0 Å². The summed E-state index contributed by atoms with van der Waals surface area (Å²) in [6.07, 6.45) is 0. The first-order valence-electron chi connectivity index (χ1n) is 7.92. The summed E-state index contributed by atoms with van der Waals surface area (Å²) in [6.45, 7) is 0. The predicted molar refractivity (Wildman–Crippen MR) is 113 cm³/mol. The van der Waals surface area contributed by atoms with Gasteiger partial charge in [0.15, 0.2) is 10.9 Å². The van der Waals surface area contributed by atoms with Gasteiger partial charge in [-0.3, -0.25) is 10.1 Å². The summed E-state index contributed by atoms with van der Waals surface area (Å²) >= 11 is 17.3. The van der Waals surface area contributed by atoms with E-state index in [0.717, 1.165) is 0 Å². The number of phenols is 1. The van der Waals surface area contributed by atoms with Gasteiger partial charge < -0.3 is 19.6 Å². The van der Waals surface area contributed by atoms with E-state index in [0.29, 0.717) is 27.1 Å². The highest BCUT2D eigenvalue weighted by molar-refractivity contribution is 7.80. The van der Waals surface area contributed by atoms with Gasteiger partial charge in [0, 0.05) is 11.6 Å². The number of hydrogen-bond acceptors (Lipinski definition) is 5. The number of rotatable bonds is 4. The minimum atomic E-state index is -0.565. The van der Waals surface area contributed by atoms with E-state index in [1.54, 1.807) is 36.4 Å². The highest BCUT2D eigenvalue weighted by Gasteiger charge is 2.16. The highest BCUT2D eigenvalue weighted by Crippen LogP contribution is 2.34. The Labute approximate surface area is 176 Å². The van der Waals surface area contributed by atoms with Crippen molar-refractivity contribution in [2.24, 2.45) is 0 Å². The number of phenolic OH excluding ortho intramolecular Hbond substituents is 1. The molecule has 0 radical (unpaired) electrons. The number of amides is 1. The standard InChI is InChI=1S/C19H14Cl2N2O4S/c1-26-10-5-6-14(24)13(9-10)22-19(28)23-18(25)16-8-7-15(27-16)11-3-2-4-12(20)17(11)21/h2-9,24H,1H3,(H2,22,23,25,28). The molecule has 28 heavy (non-hydrogen) atoms.